The van der Waals surface area contributed by atoms with E-state index in [2.05, 4.69) is 67.4 Å². The van der Waals surface area contributed by atoms with Gasteiger partial charge in [-0.05, 0) is 33.5 Å². The van der Waals surface area contributed by atoms with Crippen molar-refractivity contribution in [3.63, 3.8) is 0 Å². The number of H-pyrrole nitrogens is 1. The Bertz CT molecular complexity index is 1050. The first-order chi connectivity index (χ1) is 14.3. The number of aromatic amines is 1. The summed E-state index contributed by atoms with van der Waals surface area (Å²) in [5.41, 5.74) is 11.4. The van der Waals surface area contributed by atoms with Crippen LogP contribution in [-0.4, -0.2) is 30.2 Å². The first-order valence-electron chi connectivity index (χ1n) is 9.96. The molecule has 0 aliphatic carbocycles. The van der Waals surface area contributed by atoms with Gasteiger partial charge >= 0.3 is 0 Å². The van der Waals surface area contributed by atoms with Gasteiger partial charge in [-0.25, -0.2) is 10.1 Å². The molecule has 4 rings (SSSR count). The van der Waals surface area contributed by atoms with Gasteiger partial charge in [0.15, 0.2) is 5.82 Å². The number of rotatable bonds is 8. The number of unbranched alkanes of at least 4 members (excludes halogenated alkanes) is 1. The summed E-state index contributed by atoms with van der Waals surface area (Å²) in [4.78, 5) is 4.59. The van der Waals surface area contributed by atoms with Crippen LogP contribution in [0.25, 0.3) is 22.5 Å². The summed E-state index contributed by atoms with van der Waals surface area (Å²) in [6.07, 6.45) is 5.17. The van der Waals surface area contributed by atoms with Gasteiger partial charge in [0.05, 0.1) is 5.69 Å². The van der Waals surface area contributed by atoms with Crippen molar-refractivity contribution in [3.8, 4) is 22.5 Å². The third kappa shape index (κ3) is 4.09. The average Bonchev–Trinajstić information content (AvgIpc) is 3.43. The Kier molecular flexibility index (Phi) is 5.76. The molecule has 29 heavy (non-hydrogen) atoms. The summed E-state index contributed by atoms with van der Waals surface area (Å²) in [7, 11) is 0. The number of nitrogens with two attached hydrogens (primary N) is 1. The Hall–Kier alpha value is -3.32. The van der Waals surface area contributed by atoms with E-state index in [1.54, 1.807) is 0 Å². The molecular weight excluding hydrogens is 362 g/mol. The molecule has 0 unspecified atom stereocenters. The minimum Gasteiger partial charge on any atom is -0.326 e. The van der Waals surface area contributed by atoms with Gasteiger partial charge in [-0.2, -0.15) is 0 Å². The van der Waals surface area contributed by atoms with Crippen molar-refractivity contribution in [3.05, 3.63) is 71.8 Å². The monoisotopic (exact) mass is 387 g/mol. The average molecular weight is 387 g/mol. The summed E-state index contributed by atoms with van der Waals surface area (Å²) in [6, 6.07) is 16.7. The molecule has 0 amide bonds. The Morgan fingerprint density at radius 1 is 1.03 bits per heavy atom. The topological polar surface area (TPSA) is 98.3 Å². The quantitative estimate of drug-likeness (QED) is 0.481. The van der Waals surface area contributed by atoms with Gasteiger partial charge in [0.1, 0.15) is 5.82 Å². The van der Waals surface area contributed by atoms with Gasteiger partial charge in [0.2, 0.25) is 0 Å². The number of tetrazole rings is 1. The maximum absolute atomic E-state index is 5.93. The maximum atomic E-state index is 5.93. The van der Waals surface area contributed by atoms with E-state index in [4.69, 9.17) is 5.73 Å². The molecule has 0 saturated carbocycles. The van der Waals surface area contributed by atoms with Crippen molar-refractivity contribution in [2.45, 2.75) is 39.3 Å². The summed E-state index contributed by atoms with van der Waals surface area (Å²) < 4.78 is 2.25. The van der Waals surface area contributed by atoms with Crippen LogP contribution in [0, 0.1) is 0 Å². The molecule has 4 aromatic rings. The van der Waals surface area contributed by atoms with Crippen LogP contribution in [-0.2, 0) is 19.5 Å². The van der Waals surface area contributed by atoms with E-state index in [0.29, 0.717) is 12.4 Å². The highest BCUT2D eigenvalue weighted by Crippen LogP contribution is 2.29. The second-order valence-electron chi connectivity index (χ2n) is 7.05. The fraction of sp³-hybridized carbons (Fsp3) is 0.273. The minimum atomic E-state index is 0.496. The number of nitrogens with one attached hydrogen (secondary N) is 1. The molecule has 7 heteroatoms. The van der Waals surface area contributed by atoms with Crippen molar-refractivity contribution in [1.29, 1.82) is 0 Å². The lowest BCUT2D eigenvalue weighted by atomic mass is 9.98. The highest BCUT2D eigenvalue weighted by molar-refractivity contribution is 5.80. The lowest BCUT2D eigenvalue weighted by Crippen LogP contribution is -2.11. The van der Waals surface area contributed by atoms with Gasteiger partial charge in [-0.3, -0.25) is 0 Å². The molecule has 2 heterocycles. The highest BCUT2D eigenvalue weighted by Gasteiger charge is 2.12. The van der Waals surface area contributed by atoms with Crippen molar-refractivity contribution in [2.75, 3.05) is 0 Å². The molecule has 0 bridgehead atoms. The molecule has 2 aromatic heterocycles. The van der Waals surface area contributed by atoms with Crippen molar-refractivity contribution < 1.29 is 0 Å². The van der Waals surface area contributed by atoms with E-state index >= 15 is 0 Å². The van der Waals surface area contributed by atoms with Gasteiger partial charge in [-0.1, -0.05) is 61.9 Å². The number of hydrogen-bond donors (Lipinski definition) is 2. The molecule has 0 aliphatic heterocycles. The van der Waals surface area contributed by atoms with Crippen LogP contribution in [0.3, 0.4) is 0 Å². The van der Waals surface area contributed by atoms with Gasteiger partial charge in [0.25, 0.3) is 0 Å². The standard InChI is InChI=1S/C22H25N7/c1-2-3-8-21-24-14-18(13-23)29(21)15-16-9-11-17(12-10-16)19-6-4-5-7-20(19)22-25-27-28-26-22/h4-7,9-12,14H,2-3,8,13,15,23H2,1H3,(H,25,26,27,28). The molecular formula is C22H25N7. The molecule has 0 atom stereocenters. The van der Waals surface area contributed by atoms with Crippen molar-refractivity contribution in [2.24, 2.45) is 5.73 Å². The van der Waals surface area contributed by atoms with Crippen molar-refractivity contribution in [1.82, 2.24) is 30.2 Å². The van der Waals surface area contributed by atoms with E-state index < -0.39 is 0 Å². The predicted octanol–water partition coefficient (Wildman–Crippen LogP) is 3.58. The number of hydrogen-bond acceptors (Lipinski definition) is 5. The maximum Gasteiger partial charge on any atom is 0.180 e. The fourth-order valence-corrected chi connectivity index (χ4v) is 3.53. The molecule has 0 aliphatic rings. The Balaban J connectivity index is 1.60. The van der Waals surface area contributed by atoms with Crippen LogP contribution in [0.15, 0.2) is 54.7 Å². The lowest BCUT2D eigenvalue weighted by molar-refractivity contribution is 0.655. The van der Waals surface area contributed by atoms with Crippen LogP contribution in [0.2, 0.25) is 0 Å². The Morgan fingerprint density at radius 3 is 2.52 bits per heavy atom. The first kappa shape index (κ1) is 19.0. The predicted molar refractivity (Wildman–Crippen MR) is 113 cm³/mol. The van der Waals surface area contributed by atoms with Crippen molar-refractivity contribution >= 4 is 0 Å². The molecule has 7 nitrogen and oxygen atoms in total. The summed E-state index contributed by atoms with van der Waals surface area (Å²) in [6.45, 7) is 3.47. The van der Waals surface area contributed by atoms with Gasteiger partial charge in [0, 0.05) is 31.3 Å². The minimum absolute atomic E-state index is 0.496. The third-order valence-electron chi connectivity index (χ3n) is 5.12. The molecule has 0 radical (unpaired) electrons. The Labute approximate surface area is 170 Å². The number of imidazole rings is 1. The molecule has 2 aromatic carbocycles. The SMILES string of the molecule is CCCCc1ncc(CN)n1Cc1ccc(-c2ccccc2-c2nnn[nH]2)cc1. The van der Waals surface area contributed by atoms with Crippen LogP contribution in [0.1, 0.15) is 36.8 Å². The smallest absolute Gasteiger partial charge is 0.180 e. The largest absolute Gasteiger partial charge is 0.326 e. The van der Waals surface area contributed by atoms with Crippen LogP contribution < -0.4 is 5.73 Å². The number of aryl methyl sites for hydroxylation is 1. The van der Waals surface area contributed by atoms with Gasteiger partial charge in [-0.15, -0.1) is 5.10 Å². The van der Waals surface area contributed by atoms with E-state index in [0.717, 1.165) is 54.0 Å². The normalized spacial score (nSPS) is 11.1. The second kappa shape index (κ2) is 8.79. The third-order valence-corrected chi connectivity index (χ3v) is 5.12. The van der Waals surface area contributed by atoms with E-state index in [1.807, 2.05) is 24.4 Å². The van der Waals surface area contributed by atoms with E-state index in [-0.39, 0.29) is 0 Å². The summed E-state index contributed by atoms with van der Waals surface area (Å²) in [5.74, 6) is 1.77. The zero-order valence-electron chi connectivity index (χ0n) is 16.5. The van der Waals surface area contributed by atoms with Crippen LogP contribution >= 0.6 is 0 Å². The first-order valence-corrected chi connectivity index (χ1v) is 9.96. The van der Waals surface area contributed by atoms with Gasteiger partial charge < -0.3 is 10.3 Å². The van der Waals surface area contributed by atoms with Crippen LogP contribution in [0.5, 0.6) is 0 Å². The highest BCUT2D eigenvalue weighted by atomic mass is 15.5. The lowest BCUT2D eigenvalue weighted by Gasteiger charge is -2.12. The molecule has 148 valence electrons. The molecule has 0 spiro atoms. The number of benzene rings is 2. The zero-order chi connectivity index (χ0) is 20.1. The zero-order valence-corrected chi connectivity index (χ0v) is 16.5. The number of aromatic nitrogens is 6. The molecule has 0 fully saturated rings. The summed E-state index contributed by atoms with van der Waals surface area (Å²) in [5, 5.41) is 14.3. The molecule has 3 N–H and O–H groups in total. The van der Waals surface area contributed by atoms with E-state index in [1.165, 1.54) is 5.56 Å². The Morgan fingerprint density at radius 2 is 1.83 bits per heavy atom. The molecule has 0 saturated heterocycles. The van der Waals surface area contributed by atoms with Crippen LogP contribution in [0.4, 0.5) is 0 Å². The number of nitrogens with zero attached hydrogens (tertiary/aromatic N) is 5. The van der Waals surface area contributed by atoms with E-state index in [9.17, 15) is 0 Å². The summed E-state index contributed by atoms with van der Waals surface area (Å²) >= 11 is 0. The fourth-order valence-electron chi connectivity index (χ4n) is 3.53. The second-order valence-corrected chi connectivity index (χ2v) is 7.05.